The molecule has 4 amide bonds. The highest BCUT2D eigenvalue weighted by Crippen LogP contribution is 2.39. The van der Waals surface area contributed by atoms with Gasteiger partial charge in [0, 0.05) is 73.8 Å². The van der Waals surface area contributed by atoms with Gasteiger partial charge in [-0.2, -0.15) is 0 Å². The Morgan fingerprint density at radius 3 is 2.64 bits per heavy atom. The number of piperidine rings is 1. The predicted octanol–water partition coefficient (Wildman–Crippen LogP) is 3.72. The van der Waals surface area contributed by atoms with E-state index in [1.807, 2.05) is 35.7 Å². The number of amides is 4. The molecule has 4 heterocycles. The monoisotopic (exact) mass is 741 g/mol. The van der Waals surface area contributed by atoms with E-state index in [1.54, 1.807) is 17.2 Å². The van der Waals surface area contributed by atoms with Gasteiger partial charge >= 0.3 is 0 Å². The fourth-order valence-corrected chi connectivity index (χ4v) is 7.62. The van der Waals surface area contributed by atoms with Crippen molar-refractivity contribution in [3.05, 3.63) is 70.4 Å². The van der Waals surface area contributed by atoms with Crippen molar-refractivity contribution in [2.24, 2.45) is 5.41 Å². The number of ether oxygens (including phenoxy) is 2. The number of anilines is 2. The smallest absolute Gasteiger partial charge is 0.255 e. The van der Waals surface area contributed by atoms with Gasteiger partial charge in [-0.05, 0) is 55.2 Å². The number of benzene rings is 1. The Labute approximate surface area is 314 Å². The lowest BCUT2D eigenvalue weighted by molar-refractivity contribution is -0.137. The van der Waals surface area contributed by atoms with Crippen LogP contribution in [-0.4, -0.2) is 90.6 Å². The van der Waals surface area contributed by atoms with Crippen molar-refractivity contribution in [3.8, 4) is 11.8 Å². The standard InChI is InChI=1S/C39H47N7O6S/c47-34-13-12-32(35(48)45-34)46-27-29-25-28(10-11-31(29)36(46)49)7-2-5-16-40-17-20-51-22-23-52-21-18-41-37(50)39(14-3-1-4-15-39)26-30-8-6-9-33(43-30)44-38-42-19-24-53-38/h6,8-11,19,24-25,32,40H,1,3-5,12-18,20-23,26-27H2,(H,41,50)(H,42,43,44)(H,45,47,48). The van der Waals surface area contributed by atoms with Crippen molar-refractivity contribution in [2.45, 2.75) is 70.4 Å². The van der Waals surface area contributed by atoms with E-state index < -0.39 is 17.4 Å². The highest BCUT2D eigenvalue weighted by atomic mass is 32.1. The summed E-state index contributed by atoms with van der Waals surface area (Å²) in [5.41, 5.74) is 2.68. The molecule has 2 fully saturated rings. The maximum absolute atomic E-state index is 13.5. The molecule has 1 saturated heterocycles. The first kappa shape index (κ1) is 38.1. The van der Waals surface area contributed by atoms with Gasteiger partial charge in [-0.1, -0.05) is 37.2 Å². The van der Waals surface area contributed by atoms with Crippen LogP contribution in [0, 0.1) is 17.3 Å². The van der Waals surface area contributed by atoms with Gasteiger partial charge < -0.3 is 30.3 Å². The van der Waals surface area contributed by atoms with Crippen molar-refractivity contribution < 1.29 is 28.7 Å². The summed E-state index contributed by atoms with van der Waals surface area (Å²) in [5.74, 6) is 6.23. The van der Waals surface area contributed by atoms with Crippen LogP contribution in [0.5, 0.6) is 0 Å². The zero-order valence-corrected chi connectivity index (χ0v) is 30.7. The van der Waals surface area contributed by atoms with E-state index in [-0.39, 0.29) is 24.1 Å². The van der Waals surface area contributed by atoms with Crippen molar-refractivity contribution in [2.75, 3.05) is 51.4 Å². The third kappa shape index (κ3) is 10.5. The Hall–Kier alpha value is -4.68. The van der Waals surface area contributed by atoms with Crippen LogP contribution in [0.25, 0.3) is 0 Å². The fraction of sp³-hybridized carbons (Fsp3) is 0.487. The number of imide groups is 1. The molecule has 4 N–H and O–H groups in total. The third-order valence-electron chi connectivity index (χ3n) is 9.80. The predicted molar refractivity (Wildman–Crippen MR) is 200 cm³/mol. The molecule has 1 aliphatic carbocycles. The molecule has 6 rings (SSSR count). The first-order valence-corrected chi connectivity index (χ1v) is 19.3. The van der Waals surface area contributed by atoms with E-state index in [2.05, 4.69) is 38.1 Å². The molecule has 280 valence electrons. The SMILES string of the molecule is O=C1CCC(N2Cc3cc(C#CCCNCCOCCOCCNC(=O)C4(Cc5cccc(Nc6nccs6)n5)CCCCC4)ccc3C2=O)C(=O)N1. The number of nitrogens with zero attached hydrogens (tertiary/aromatic N) is 3. The fourth-order valence-electron chi connectivity index (χ4n) is 7.08. The molecule has 3 aromatic rings. The summed E-state index contributed by atoms with van der Waals surface area (Å²) in [4.78, 5) is 60.7. The van der Waals surface area contributed by atoms with Crippen LogP contribution >= 0.6 is 11.3 Å². The second-order valence-electron chi connectivity index (χ2n) is 13.5. The van der Waals surface area contributed by atoms with Crippen LogP contribution in [0.1, 0.15) is 78.5 Å². The van der Waals surface area contributed by atoms with Crippen LogP contribution in [0.15, 0.2) is 48.0 Å². The van der Waals surface area contributed by atoms with E-state index >= 15 is 0 Å². The highest BCUT2D eigenvalue weighted by molar-refractivity contribution is 7.13. The Kier molecular flexibility index (Phi) is 13.6. The average molecular weight is 742 g/mol. The molecule has 14 heteroatoms. The normalized spacial score (nSPS) is 17.8. The highest BCUT2D eigenvalue weighted by Gasteiger charge is 2.40. The minimum Gasteiger partial charge on any atom is -0.378 e. The number of thiazole rings is 1. The zero-order valence-electron chi connectivity index (χ0n) is 29.9. The van der Waals surface area contributed by atoms with E-state index in [4.69, 9.17) is 14.5 Å². The molecular weight excluding hydrogens is 695 g/mol. The van der Waals surface area contributed by atoms with E-state index in [0.29, 0.717) is 77.4 Å². The van der Waals surface area contributed by atoms with Crippen molar-refractivity contribution in [1.82, 2.24) is 30.8 Å². The molecule has 1 atom stereocenters. The number of nitrogens with one attached hydrogen (secondary N) is 4. The third-order valence-corrected chi connectivity index (χ3v) is 10.5. The first-order chi connectivity index (χ1) is 25.9. The Morgan fingerprint density at radius 2 is 1.85 bits per heavy atom. The number of carbonyl (C=O) groups excluding carboxylic acids is 4. The number of hydrogen-bond donors (Lipinski definition) is 4. The zero-order chi connectivity index (χ0) is 36.9. The topological polar surface area (TPSA) is 164 Å². The molecule has 2 aliphatic heterocycles. The number of aromatic nitrogens is 2. The van der Waals surface area contributed by atoms with Crippen LogP contribution < -0.4 is 21.3 Å². The number of rotatable bonds is 17. The van der Waals surface area contributed by atoms with Crippen molar-refractivity contribution >= 4 is 45.9 Å². The lowest BCUT2D eigenvalue weighted by Crippen LogP contribution is -2.52. The minimum absolute atomic E-state index is 0.0787. The molecular formula is C39H47N7O6S. The summed E-state index contributed by atoms with van der Waals surface area (Å²) >= 11 is 1.52. The molecule has 0 bridgehead atoms. The molecule has 1 aromatic carbocycles. The first-order valence-electron chi connectivity index (χ1n) is 18.4. The molecule has 53 heavy (non-hydrogen) atoms. The van der Waals surface area contributed by atoms with E-state index in [0.717, 1.165) is 59.9 Å². The average Bonchev–Trinajstić information content (AvgIpc) is 3.79. The van der Waals surface area contributed by atoms with Gasteiger partial charge in [-0.3, -0.25) is 24.5 Å². The van der Waals surface area contributed by atoms with E-state index in [9.17, 15) is 19.2 Å². The summed E-state index contributed by atoms with van der Waals surface area (Å²) in [6.45, 7) is 4.08. The maximum atomic E-state index is 13.5. The van der Waals surface area contributed by atoms with Gasteiger partial charge in [0.15, 0.2) is 5.13 Å². The molecule has 3 aliphatic rings. The Bertz CT molecular complexity index is 1800. The van der Waals surface area contributed by atoms with Gasteiger partial charge in [0.1, 0.15) is 11.9 Å². The number of hydrogen-bond acceptors (Lipinski definition) is 11. The van der Waals surface area contributed by atoms with Crippen LogP contribution in [0.4, 0.5) is 10.9 Å². The van der Waals surface area contributed by atoms with Gasteiger partial charge in [-0.15, -0.1) is 11.3 Å². The molecule has 1 unspecified atom stereocenters. The van der Waals surface area contributed by atoms with Crippen molar-refractivity contribution in [1.29, 1.82) is 0 Å². The van der Waals surface area contributed by atoms with Gasteiger partial charge in [0.05, 0.1) is 31.8 Å². The Morgan fingerprint density at radius 1 is 1.02 bits per heavy atom. The summed E-state index contributed by atoms with van der Waals surface area (Å²) < 4.78 is 11.4. The summed E-state index contributed by atoms with van der Waals surface area (Å²) in [7, 11) is 0. The van der Waals surface area contributed by atoms with Crippen molar-refractivity contribution in [3.63, 3.8) is 0 Å². The maximum Gasteiger partial charge on any atom is 0.255 e. The molecule has 2 aromatic heterocycles. The molecule has 13 nitrogen and oxygen atoms in total. The summed E-state index contributed by atoms with van der Waals surface area (Å²) in [6.07, 6.45) is 8.52. The molecule has 0 radical (unpaired) electrons. The van der Waals surface area contributed by atoms with Gasteiger partial charge in [-0.25, -0.2) is 9.97 Å². The van der Waals surface area contributed by atoms with Crippen LogP contribution in [-0.2, 0) is 36.8 Å². The largest absolute Gasteiger partial charge is 0.378 e. The number of fused-ring (bicyclic) bond motifs is 1. The quantitative estimate of drug-likeness (QED) is 0.0912. The number of carbonyl (C=O) groups is 4. The van der Waals surface area contributed by atoms with Crippen LogP contribution in [0.3, 0.4) is 0 Å². The second-order valence-corrected chi connectivity index (χ2v) is 14.4. The van der Waals surface area contributed by atoms with E-state index in [1.165, 1.54) is 11.3 Å². The number of pyridine rings is 1. The van der Waals surface area contributed by atoms with Gasteiger partial charge in [0.2, 0.25) is 17.7 Å². The second kappa shape index (κ2) is 18.9. The summed E-state index contributed by atoms with van der Waals surface area (Å²) in [5, 5.41) is 14.7. The lowest BCUT2D eigenvalue weighted by Gasteiger charge is -2.35. The molecule has 0 spiro atoms. The summed E-state index contributed by atoms with van der Waals surface area (Å²) in [6, 6.07) is 10.7. The minimum atomic E-state index is -0.624. The van der Waals surface area contributed by atoms with Crippen LogP contribution in [0.2, 0.25) is 0 Å². The molecule has 1 saturated carbocycles. The van der Waals surface area contributed by atoms with Gasteiger partial charge in [0.25, 0.3) is 5.91 Å². The Balaban J connectivity index is 0.811. The lowest BCUT2D eigenvalue weighted by atomic mass is 9.70.